The monoisotopic (exact) mass is 233 g/mol. The first-order valence-corrected chi connectivity index (χ1v) is 6.04. The van der Waals surface area contributed by atoms with Crippen LogP contribution in [0.25, 0.3) is 0 Å². The largest absolute Gasteiger partial charge is 0.380 e. The van der Waals surface area contributed by atoms with E-state index in [9.17, 15) is 0 Å². The van der Waals surface area contributed by atoms with Gasteiger partial charge in [-0.05, 0) is 19.9 Å². The van der Waals surface area contributed by atoms with Crippen LogP contribution in [-0.2, 0) is 9.47 Å². The van der Waals surface area contributed by atoms with E-state index in [4.69, 9.17) is 9.47 Å². The molecule has 3 nitrogen and oxygen atoms in total. The Morgan fingerprint density at radius 2 is 1.88 bits per heavy atom. The Balaban J connectivity index is 0. The Bertz CT molecular complexity index is 141. The van der Waals surface area contributed by atoms with E-state index in [2.05, 4.69) is 18.7 Å². The Kier molecular flexibility index (Phi) is 11.5. The number of rotatable bonds is 4. The van der Waals surface area contributed by atoms with Gasteiger partial charge < -0.3 is 9.47 Å². The number of nitrogens with zero attached hydrogens (tertiary/aromatic N) is 1. The summed E-state index contributed by atoms with van der Waals surface area (Å²) in [7, 11) is 3.56. The smallest absolute Gasteiger partial charge is 0.0763 e. The average Bonchev–Trinajstić information content (AvgIpc) is 2.73. The number of ether oxygens (including phenoxy) is 2. The second-order valence-electron chi connectivity index (χ2n) is 3.62. The Hall–Kier alpha value is -0.120. The number of likely N-dealkylation sites (N-methyl/N-ethyl adjacent to an activating group) is 1. The average molecular weight is 233 g/mol. The summed E-state index contributed by atoms with van der Waals surface area (Å²) in [5, 5.41) is 0. The van der Waals surface area contributed by atoms with Crippen LogP contribution in [0, 0.1) is 0 Å². The lowest BCUT2D eigenvalue weighted by Gasteiger charge is -2.30. The zero-order chi connectivity index (χ0) is 11.8. The third-order valence-electron chi connectivity index (χ3n) is 3.07. The summed E-state index contributed by atoms with van der Waals surface area (Å²) in [6.07, 6.45) is 1.73. The molecule has 1 rings (SSSR count). The summed E-state index contributed by atoms with van der Waals surface area (Å²) in [6, 6.07) is 0.431. The molecule has 1 heterocycles. The first kappa shape index (κ1) is 18.3. The third kappa shape index (κ3) is 4.40. The van der Waals surface area contributed by atoms with Gasteiger partial charge in [0.2, 0.25) is 0 Å². The lowest BCUT2D eigenvalue weighted by atomic mass is 10.1. The van der Waals surface area contributed by atoms with Crippen molar-refractivity contribution in [1.29, 1.82) is 0 Å². The van der Waals surface area contributed by atoms with Crippen LogP contribution in [0.1, 0.15) is 41.5 Å². The fraction of sp³-hybridized carbons (Fsp3) is 1.00. The second-order valence-corrected chi connectivity index (χ2v) is 3.62. The minimum absolute atomic E-state index is 0. The maximum Gasteiger partial charge on any atom is 0.0763 e. The molecule has 0 bridgehead atoms. The van der Waals surface area contributed by atoms with Crippen molar-refractivity contribution in [2.24, 2.45) is 0 Å². The van der Waals surface area contributed by atoms with Crippen molar-refractivity contribution >= 4 is 0 Å². The number of likely N-dealkylation sites (tertiary alicyclic amines) is 1. The Morgan fingerprint density at radius 1 is 1.31 bits per heavy atom. The fourth-order valence-electron chi connectivity index (χ4n) is 2.21. The molecule has 1 aliphatic heterocycles. The molecule has 0 aromatic heterocycles. The molecular weight excluding hydrogens is 202 g/mol. The van der Waals surface area contributed by atoms with E-state index < -0.39 is 0 Å². The van der Waals surface area contributed by atoms with Crippen LogP contribution in [-0.4, -0.2) is 50.5 Å². The summed E-state index contributed by atoms with van der Waals surface area (Å²) in [5.41, 5.74) is 0. The molecule has 3 heteroatoms. The van der Waals surface area contributed by atoms with Gasteiger partial charge in [0.25, 0.3) is 0 Å². The van der Waals surface area contributed by atoms with Gasteiger partial charge in [0, 0.05) is 20.8 Å². The topological polar surface area (TPSA) is 21.7 Å². The van der Waals surface area contributed by atoms with Crippen molar-refractivity contribution in [2.75, 3.05) is 27.3 Å². The molecule has 0 amide bonds. The van der Waals surface area contributed by atoms with E-state index in [0.717, 1.165) is 19.5 Å². The minimum Gasteiger partial charge on any atom is -0.380 e. The summed E-state index contributed by atoms with van der Waals surface area (Å²) in [6.45, 7) is 10.5. The van der Waals surface area contributed by atoms with Crippen LogP contribution in [0.5, 0.6) is 0 Å². The molecule has 0 spiro atoms. The highest BCUT2D eigenvalue weighted by molar-refractivity contribution is 4.91. The third-order valence-corrected chi connectivity index (χ3v) is 3.07. The summed E-state index contributed by atoms with van der Waals surface area (Å²) >= 11 is 0. The fourth-order valence-corrected chi connectivity index (χ4v) is 2.21. The molecule has 0 aliphatic carbocycles. The van der Waals surface area contributed by atoms with Crippen molar-refractivity contribution in [3.05, 3.63) is 0 Å². The summed E-state index contributed by atoms with van der Waals surface area (Å²) < 4.78 is 10.8. The van der Waals surface area contributed by atoms with E-state index in [1.165, 1.54) is 0 Å². The van der Waals surface area contributed by atoms with Crippen LogP contribution in [0.3, 0.4) is 0 Å². The number of hydrogen-bond donors (Lipinski definition) is 0. The van der Waals surface area contributed by atoms with Crippen LogP contribution in [0.4, 0.5) is 0 Å². The molecule has 100 valence electrons. The van der Waals surface area contributed by atoms with Crippen molar-refractivity contribution in [2.45, 2.75) is 59.8 Å². The molecule has 1 aliphatic rings. The molecule has 0 N–H and O–H groups in total. The lowest BCUT2D eigenvalue weighted by Crippen LogP contribution is -2.44. The van der Waals surface area contributed by atoms with Crippen LogP contribution < -0.4 is 0 Å². The van der Waals surface area contributed by atoms with E-state index in [-0.39, 0.29) is 13.5 Å². The minimum atomic E-state index is 0. The highest BCUT2D eigenvalue weighted by Crippen LogP contribution is 2.23. The lowest BCUT2D eigenvalue weighted by molar-refractivity contribution is -0.0166. The number of methoxy groups -OCH3 is 2. The Labute approximate surface area is 102 Å². The van der Waals surface area contributed by atoms with Crippen molar-refractivity contribution in [1.82, 2.24) is 4.90 Å². The second kappa shape index (κ2) is 10.1. The van der Waals surface area contributed by atoms with E-state index >= 15 is 0 Å². The predicted octanol–water partition coefficient (Wildman–Crippen LogP) is 2.79. The van der Waals surface area contributed by atoms with Gasteiger partial charge in [-0.1, -0.05) is 28.2 Å². The quantitative estimate of drug-likeness (QED) is 0.745. The van der Waals surface area contributed by atoms with Gasteiger partial charge in [0.05, 0.1) is 18.2 Å². The molecule has 3 atom stereocenters. The maximum absolute atomic E-state index is 5.46. The zero-order valence-corrected chi connectivity index (χ0v) is 11.1. The normalized spacial score (nSPS) is 26.6. The molecule has 0 unspecified atom stereocenters. The molecule has 0 radical (unpaired) electrons. The van der Waals surface area contributed by atoms with Gasteiger partial charge >= 0.3 is 0 Å². The van der Waals surface area contributed by atoms with Crippen LogP contribution >= 0.6 is 0 Å². The molecule has 0 saturated carbocycles. The van der Waals surface area contributed by atoms with E-state index in [0.29, 0.717) is 12.1 Å². The summed E-state index contributed by atoms with van der Waals surface area (Å²) in [5.74, 6) is 0. The highest BCUT2D eigenvalue weighted by Gasteiger charge is 2.37. The molecular formula is C13H31NO2. The Morgan fingerprint density at radius 3 is 2.25 bits per heavy atom. The van der Waals surface area contributed by atoms with Gasteiger partial charge in [0.1, 0.15) is 0 Å². The molecule has 0 aromatic carbocycles. The van der Waals surface area contributed by atoms with Gasteiger partial charge in [-0.25, -0.2) is 0 Å². The molecule has 16 heavy (non-hydrogen) atoms. The zero-order valence-electron chi connectivity index (χ0n) is 11.1. The van der Waals surface area contributed by atoms with Gasteiger partial charge in [-0.3, -0.25) is 4.90 Å². The SMILES string of the molecule is C.CC.CCN1CC[C@H](OC)[C@H]1[C@H](C)OC. The molecule has 0 aromatic rings. The molecule has 1 fully saturated rings. The first-order valence-electron chi connectivity index (χ1n) is 6.04. The highest BCUT2D eigenvalue weighted by atomic mass is 16.5. The predicted molar refractivity (Wildman–Crippen MR) is 71.0 cm³/mol. The van der Waals surface area contributed by atoms with Crippen molar-refractivity contribution in [3.8, 4) is 0 Å². The van der Waals surface area contributed by atoms with Crippen LogP contribution in [0.2, 0.25) is 0 Å². The number of hydrogen-bond acceptors (Lipinski definition) is 3. The van der Waals surface area contributed by atoms with Gasteiger partial charge in [-0.2, -0.15) is 0 Å². The van der Waals surface area contributed by atoms with Crippen molar-refractivity contribution < 1.29 is 9.47 Å². The maximum atomic E-state index is 5.46. The first-order chi connectivity index (χ1) is 7.24. The van der Waals surface area contributed by atoms with Gasteiger partial charge in [0.15, 0.2) is 0 Å². The van der Waals surface area contributed by atoms with E-state index in [1.807, 2.05) is 13.8 Å². The van der Waals surface area contributed by atoms with E-state index in [1.54, 1.807) is 14.2 Å². The molecule has 1 saturated heterocycles. The van der Waals surface area contributed by atoms with Crippen molar-refractivity contribution in [3.63, 3.8) is 0 Å². The van der Waals surface area contributed by atoms with Gasteiger partial charge in [-0.15, -0.1) is 0 Å². The standard InChI is InChI=1S/C10H21NO2.C2H6.CH4/c1-5-11-7-6-9(13-4)10(11)8(2)12-3;1-2;/h8-10H,5-7H2,1-4H3;1-2H3;1H4/t8-,9-,10+;;/m0../s1. The summed E-state index contributed by atoms with van der Waals surface area (Å²) in [4.78, 5) is 2.43. The van der Waals surface area contributed by atoms with Crippen LogP contribution in [0.15, 0.2) is 0 Å².